The minimum Gasteiger partial charge on any atom is -0.344 e. The molecule has 0 radical (unpaired) electrons. The molecular formula is C14H24N4O. The molecule has 106 valence electrons. The van der Waals surface area contributed by atoms with Gasteiger partial charge in [0.2, 0.25) is 5.91 Å². The van der Waals surface area contributed by atoms with Crippen molar-refractivity contribution in [3.63, 3.8) is 0 Å². The number of piperazine rings is 1. The first-order chi connectivity index (χ1) is 9.20. The molecule has 2 fully saturated rings. The molecule has 2 heterocycles. The van der Waals surface area contributed by atoms with E-state index in [-0.39, 0.29) is 5.91 Å². The van der Waals surface area contributed by atoms with Crippen LogP contribution in [0.15, 0.2) is 0 Å². The van der Waals surface area contributed by atoms with E-state index in [9.17, 15) is 4.79 Å². The fourth-order valence-electron chi connectivity index (χ4n) is 3.02. The summed E-state index contributed by atoms with van der Waals surface area (Å²) in [5, 5.41) is 8.54. The molecule has 0 aromatic rings. The van der Waals surface area contributed by atoms with Crippen LogP contribution in [0.4, 0.5) is 0 Å². The Morgan fingerprint density at radius 2 is 2.21 bits per heavy atom. The lowest BCUT2D eigenvalue weighted by atomic mass is 9.99. The Morgan fingerprint density at radius 3 is 3.00 bits per heavy atom. The molecule has 0 spiro atoms. The quantitative estimate of drug-likeness (QED) is 0.743. The Balaban J connectivity index is 1.77. The van der Waals surface area contributed by atoms with Crippen LogP contribution in [0.5, 0.6) is 0 Å². The Bertz CT molecular complexity index is 352. The number of carbonyl (C=O) groups is 1. The zero-order valence-electron chi connectivity index (χ0n) is 11.8. The molecule has 0 aliphatic carbocycles. The monoisotopic (exact) mass is 264 g/mol. The summed E-state index contributed by atoms with van der Waals surface area (Å²) in [5.74, 6) is 0.138. The van der Waals surface area contributed by atoms with Gasteiger partial charge in [0.1, 0.15) is 0 Å². The van der Waals surface area contributed by atoms with Gasteiger partial charge < -0.3 is 4.90 Å². The molecular weight excluding hydrogens is 240 g/mol. The van der Waals surface area contributed by atoms with Crippen molar-refractivity contribution < 1.29 is 4.79 Å². The Kier molecular flexibility index (Phi) is 5.17. The van der Waals surface area contributed by atoms with Gasteiger partial charge in [-0.1, -0.05) is 6.42 Å². The van der Waals surface area contributed by atoms with E-state index in [0.717, 1.165) is 19.6 Å². The van der Waals surface area contributed by atoms with Crippen LogP contribution in [-0.4, -0.2) is 73.0 Å². The molecule has 19 heavy (non-hydrogen) atoms. The molecule has 0 aromatic carbocycles. The summed E-state index contributed by atoms with van der Waals surface area (Å²) in [6.07, 6.45) is 4.34. The minimum absolute atomic E-state index is 0.138. The third kappa shape index (κ3) is 3.92. The summed E-state index contributed by atoms with van der Waals surface area (Å²) in [7, 11) is 1.79. The van der Waals surface area contributed by atoms with E-state index in [1.807, 2.05) is 0 Å². The molecule has 5 nitrogen and oxygen atoms in total. The van der Waals surface area contributed by atoms with Gasteiger partial charge in [-0.05, 0) is 19.4 Å². The Labute approximate surface area is 115 Å². The zero-order chi connectivity index (χ0) is 13.7. The maximum atomic E-state index is 12.0. The van der Waals surface area contributed by atoms with Crippen LogP contribution in [0.2, 0.25) is 0 Å². The Hall–Kier alpha value is -1.12. The molecule has 1 amide bonds. The molecule has 0 N–H and O–H groups in total. The van der Waals surface area contributed by atoms with Gasteiger partial charge in [-0.25, -0.2) is 0 Å². The van der Waals surface area contributed by atoms with Gasteiger partial charge in [-0.15, -0.1) is 0 Å². The van der Waals surface area contributed by atoms with E-state index in [0.29, 0.717) is 25.6 Å². The summed E-state index contributed by atoms with van der Waals surface area (Å²) in [6.45, 7) is 5.39. The number of rotatable bonds is 4. The van der Waals surface area contributed by atoms with Crippen molar-refractivity contribution in [2.24, 2.45) is 0 Å². The first-order valence-electron chi connectivity index (χ1n) is 7.28. The van der Waals surface area contributed by atoms with Crippen molar-refractivity contribution in [3.05, 3.63) is 0 Å². The second-order valence-corrected chi connectivity index (χ2v) is 5.64. The van der Waals surface area contributed by atoms with Gasteiger partial charge >= 0.3 is 0 Å². The number of piperidine rings is 1. The lowest BCUT2D eigenvalue weighted by Gasteiger charge is -2.44. The number of nitriles is 1. The average molecular weight is 264 g/mol. The summed E-state index contributed by atoms with van der Waals surface area (Å²) < 4.78 is 0. The molecule has 5 heteroatoms. The molecule has 2 rings (SSSR count). The first kappa shape index (κ1) is 14.3. The van der Waals surface area contributed by atoms with Crippen LogP contribution >= 0.6 is 0 Å². The average Bonchev–Trinajstić information content (AvgIpc) is 2.44. The van der Waals surface area contributed by atoms with Gasteiger partial charge in [0.15, 0.2) is 0 Å². The van der Waals surface area contributed by atoms with Crippen molar-refractivity contribution >= 4 is 5.91 Å². The van der Waals surface area contributed by atoms with Gasteiger partial charge in [-0.2, -0.15) is 5.26 Å². The highest BCUT2D eigenvalue weighted by Gasteiger charge is 2.29. The van der Waals surface area contributed by atoms with Crippen LogP contribution < -0.4 is 0 Å². The van der Waals surface area contributed by atoms with E-state index >= 15 is 0 Å². The van der Waals surface area contributed by atoms with Crippen LogP contribution in [-0.2, 0) is 4.79 Å². The Morgan fingerprint density at radius 1 is 1.37 bits per heavy atom. The zero-order valence-corrected chi connectivity index (χ0v) is 11.8. The molecule has 2 aliphatic heterocycles. The third-order valence-electron chi connectivity index (χ3n) is 4.27. The number of carbonyl (C=O) groups excluding carboxylic acids is 1. The molecule has 2 aliphatic rings. The predicted molar refractivity (Wildman–Crippen MR) is 73.5 cm³/mol. The topological polar surface area (TPSA) is 50.6 Å². The largest absolute Gasteiger partial charge is 0.344 e. The van der Waals surface area contributed by atoms with Crippen LogP contribution in [0.1, 0.15) is 25.7 Å². The SMILES string of the molecule is CN(CCC#N)C(=O)CN1CCN2CCCCC2C1. The van der Waals surface area contributed by atoms with E-state index in [1.165, 1.54) is 25.8 Å². The lowest BCUT2D eigenvalue weighted by Crippen LogP contribution is -2.56. The van der Waals surface area contributed by atoms with Crippen molar-refractivity contribution in [1.82, 2.24) is 14.7 Å². The van der Waals surface area contributed by atoms with Gasteiger partial charge in [-0.3, -0.25) is 14.6 Å². The molecule has 2 saturated heterocycles. The molecule has 0 saturated carbocycles. The summed E-state index contributed by atoms with van der Waals surface area (Å²) in [4.78, 5) is 18.6. The second kappa shape index (κ2) is 6.88. The molecule has 1 atom stereocenters. The number of nitrogens with zero attached hydrogens (tertiary/aromatic N) is 4. The van der Waals surface area contributed by atoms with E-state index < -0.39 is 0 Å². The van der Waals surface area contributed by atoms with Gasteiger partial charge in [0.05, 0.1) is 19.0 Å². The number of fused-ring (bicyclic) bond motifs is 1. The molecule has 0 aromatic heterocycles. The standard InChI is InChI=1S/C14H24N4O/c1-16(7-4-6-15)14(19)12-17-9-10-18-8-3-2-5-13(18)11-17/h13H,2-5,7-12H2,1H3. The van der Waals surface area contributed by atoms with E-state index in [4.69, 9.17) is 5.26 Å². The lowest BCUT2D eigenvalue weighted by molar-refractivity contribution is -0.131. The third-order valence-corrected chi connectivity index (χ3v) is 4.27. The number of hydrogen-bond acceptors (Lipinski definition) is 4. The normalized spacial score (nSPS) is 24.5. The van der Waals surface area contributed by atoms with Crippen LogP contribution in [0, 0.1) is 11.3 Å². The summed E-state index contributed by atoms with van der Waals surface area (Å²) in [6, 6.07) is 2.73. The second-order valence-electron chi connectivity index (χ2n) is 5.64. The van der Waals surface area contributed by atoms with Gasteiger partial charge in [0, 0.05) is 39.3 Å². The van der Waals surface area contributed by atoms with Crippen LogP contribution in [0.25, 0.3) is 0 Å². The van der Waals surface area contributed by atoms with Crippen molar-refractivity contribution in [2.75, 3.05) is 46.3 Å². The number of hydrogen-bond donors (Lipinski definition) is 0. The van der Waals surface area contributed by atoms with Crippen molar-refractivity contribution in [1.29, 1.82) is 5.26 Å². The fourth-order valence-corrected chi connectivity index (χ4v) is 3.02. The molecule has 1 unspecified atom stereocenters. The highest BCUT2D eigenvalue weighted by molar-refractivity contribution is 5.78. The van der Waals surface area contributed by atoms with Crippen LogP contribution in [0.3, 0.4) is 0 Å². The highest BCUT2D eigenvalue weighted by atomic mass is 16.2. The predicted octanol–water partition coefficient (Wildman–Crippen LogP) is 0.529. The maximum Gasteiger partial charge on any atom is 0.236 e. The number of likely N-dealkylation sites (N-methyl/N-ethyl adjacent to an activating group) is 1. The first-order valence-corrected chi connectivity index (χ1v) is 7.28. The van der Waals surface area contributed by atoms with Crippen molar-refractivity contribution in [2.45, 2.75) is 31.7 Å². The van der Waals surface area contributed by atoms with Crippen molar-refractivity contribution in [3.8, 4) is 6.07 Å². The minimum atomic E-state index is 0.138. The van der Waals surface area contributed by atoms with E-state index in [1.54, 1.807) is 11.9 Å². The maximum absolute atomic E-state index is 12.0. The highest BCUT2D eigenvalue weighted by Crippen LogP contribution is 2.20. The smallest absolute Gasteiger partial charge is 0.236 e. The van der Waals surface area contributed by atoms with Gasteiger partial charge in [0.25, 0.3) is 0 Å². The number of amides is 1. The fraction of sp³-hybridized carbons (Fsp3) is 0.857. The summed E-state index contributed by atoms with van der Waals surface area (Å²) in [5.41, 5.74) is 0. The molecule has 0 bridgehead atoms. The summed E-state index contributed by atoms with van der Waals surface area (Å²) >= 11 is 0. The van der Waals surface area contributed by atoms with E-state index in [2.05, 4.69) is 15.9 Å².